The Morgan fingerprint density at radius 3 is 2.59 bits per heavy atom. The van der Waals surface area contributed by atoms with Gasteiger partial charge in [-0.2, -0.15) is 0 Å². The van der Waals surface area contributed by atoms with Crippen molar-refractivity contribution < 1.29 is 19.1 Å². The van der Waals surface area contributed by atoms with Gasteiger partial charge in [-0.3, -0.25) is 4.79 Å². The molecule has 0 amide bonds. The maximum atomic E-state index is 12.3. The lowest BCUT2D eigenvalue weighted by molar-refractivity contribution is -0.00816. The Balaban J connectivity index is 2.62. The molecule has 0 aliphatic rings. The minimum Gasteiger partial charge on any atom is -0.456 e. The first kappa shape index (κ1) is 18.4. The second-order valence-corrected chi connectivity index (χ2v) is 5.30. The number of hydrogen-bond acceptors (Lipinski definition) is 4. The Kier molecular flexibility index (Phi) is 9.15. The summed E-state index contributed by atoms with van der Waals surface area (Å²) in [5.74, 6) is -0.456. The summed E-state index contributed by atoms with van der Waals surface area (Å²) >= 11 is 0. The molecular weight excluding hydrogens is 280 g/mol. The van der Waals surface area contributed by atoms with E-state index in [0.717, 1.165) is 32.1 Å². The zero-order valence-corrected chi connectivity index (χ0v) is 13.5. The highest BCUT2D eigenvalue weighted by Crippen LogP contribution is 2.13. The molecule has 0 aliphatic carbocycles. The van der Waals surface area contributed by atoms with Crippen molar-refractivity contribution in [3.8, 4) is 0 Å². The standard InChI is InChI=1S/C18H26O4/c1-3-5-10-16(14-21-12-6-4-2)22-18(20)17-11-8-7-9-15(17)13-19/h7-9,11,13,16H,3-6,10,12,14H2,1-2H3. The molecule has 1 atom stereocenters. The first-order valence-corrected chi connectivity index (χ1v) is 8.05. The minimum absolute atomic E-state index is 0.260. The number of benzene rings is 1. The Morgan fingerprint density at radius 1 is 1.18 bits per heavy atom. The highest BCUT2D eigenvalue weighted by molar-refractivity contribution is 5.98. The molecule has 0 spiro atoms. The zero-order valence-electron chi connectivity index (χ0n) is 13.5. The van der Waals surface area contributed by atoms with Gasteiger partial charge in [0.05, 0.1) is 12.2 Å². The van der Waals surface area contributed by atoms with E-state index in [0.29, 0.717) is 30.6 Å². The smallest absolute Gasteiger partial charge is 0.339 e. The summed E-state index contributed by atoms with van der Waals surface area (Å²) in [7, 11) is 0. The fraction of sp³-hybridized carbons (Fsp3) is 0.556. The SMILES string of the molecule is CCCCOCC(CCCC)OC(=O)c1ccccc1C=O. The normalized spacial score (nSPS) is 11.9. The number of unbranched alkanes of at least 4 members (excludes halogenated alkanes) is 2. The molecule has 0 N–H and O–H groups in total. The number of carbonyl (C=O) groups excluding carboxylic acids is 2. The van der Waals surface area contributed by atoms with Crippen LogP contribution in [0.3, 0.4) is 0 Å². The van der Waals surface area contributed by atoms with Gasteiger partial charge >= 0.3 is 5.97 Å². The monoisotopic (exact) mass is 306 g/mol. The highest BCUT2D eigenvalue weighted by atomic mass is 16.6. The summed E-state index contributed by atoms with van der Waals surface area (Å²) in [5, 5.41) is 0. The van der Waals surface area contributed by atoms with E-state index in [1.807, 2.05) is 0 Å². The molecule has 0 saturated carbocycles. The van der Waals surface area contributed by atoms with Gasteiger partial charge in [0.1, 0.15) is 6.10 Å². The first-order valence-electron chi connectivity index (χ1n) is 8.05. The van der Waals surface area contributed by atoms with Gasteiger partial charge in [0.2, 0.25) is 0 Å². The lowest BCUT2D eigenvalue weighted by atomic mass is 10.1. The van der Waals surface area contributed by atoms with E-state index in [-0.39, 0.29) is 6.10 Å². The quantitative estimate of drug-likeness (QED) is 0.352. The topological polar surface area (TPSA) is 52.6 Å². The molecule has 22 heavy (non-hydrogen) atoms. The summed E-state index contributed by atoms with van der Waals surface area (Å²) in [6, 6.07) is 6.68. The Hall–Kier alpha value is -1.68. The number of rotatable bonds is 11. The average Bonchev–Trinajstić information content (AvgIpc) is 2.56. The van der Waals surface area contributed by atoms with Crippen molar-refractivity contribution in [2.24, 2.45) is 0 Å². The van der Waals surface area contributed by atoms with Crippen LogP contribution in [0.4, 0.5) is 0 Å². The fourth-order valence-corrected chi connectivity index (χ4v) is 2.07. The molecule has 0 radical (unpaired) electrons. The van der Waals surface area contributed by atoms with Crippen LogP contribution in [0, 0.1) is 0 Å². The van der Waals surface area contributed by atoms with Crippen LogP contribution >= 0.6 is 0 Å². The number of aldehydes is 1. The lowest BCUT2D eigenvalue weighted by Crippen LogP contribution is -2.24. The maximum Gasteiger partial charge on any atom is 0.339 e. The summed E-state index contributed by atoms with van der Waals surface area (Å²) in [4.78, 5) is 23.3. The van der Waals surface area contributed by atoms with Crippen molar-refractivity contribution in [3.05, 3.63) is 35.4 Å². The van der Waals surface area contributed by atoms with E-state index in [1.165, 1.54) is 0 Å². The average molecular weight is 306 g/mol. The Bertz CT molecular complexity index is 456. The van der Waals surface area contributed by atoms with E-state index < -0.39 is 5.97 Å². The molecule has 1 rings (SSSR count). The fourth-order valence-electron chi connectivity index (χ4n) is 2.07. The zero-order chi connectivity index (χ0) is 16.2. The van der Waals surface area contributed by atoms with Crippen LogP contribution in [0.2, 0.25) is 0 Å². The number of ether oxygens (including phenoxy) is 2. The minimum atomic E-state index is -0.456. The third-order valence-electron chi connectivity index (χ3n) is 3.41. The molecule has 0 bridgehead atoms. The van der Waals surface area contributed by atoms with Crippen molar-refractivity contribution in [1.82, 2.24) is 0 Å². The summed E-state index contributed by atoms with van der Waals surface area (Å²) < 4.78 is 11.1. The van der Waals surface area contributed by atoms with Gasteiger partial charge in [0, 0.05) is 12.2 Å². The molecule has 122 valence electrons. The van der Waals surface area contributed by atoms with Gasteiger partial charge < -0.3 is 9.47 Å². The Morgan fingerprint density at radius 2 is 1.91 bits per heavy atom. The van der Waals surface area contributed by atoms with Crippen molar-refractivity contribution in [1.29, 1.82) is 0 Å². The van der Waals surface area contributed by atoms with E-state index in [4.69, 9.17) is 9.47 Å². The van der Waals surface area contributed by atoms with Crippen molar-refractivity contribution in [2.75, 3.05) is 13.2 Å². The lowest BCUT2D eigenvalue weighted by Gasteiger charge is -2.18. The third-order valence-corrected chi connectivity index (χ3v) is 3.41. The van der Waals surface area contributed by atoms with Crippen LogP contribution in [0.25, 0.3) is 0 Å². The van der Waals surface area contributed by atoms with Gasteiger partial charge in [-0.1, -0.05) is 44.9 Å². The van der Waals surface area contributed by atoms with Crippen molar-refractivity contribution in [3.63, 3.8) is 0 Å². The van der Waals surface area contributed by atoms with Crippen molar-refractivity contribution >= 4 is 12.3 Å². The molecule has 0 heterocycles. The van der Waals surface area contributed by atoms with Gasteiger partial charge in [0.25, 0.3) is 0 Å². The largest absolute Gasteiger partial charge is 0.456 e. The van der Waals surface area contributed by atoms with Crippen LogP contribution < -0.4 is 0 Å². The molecule has 1 aromatic carbocycles. The third kappa shape index (κ3) is 6.39. The molecule has 1 unspecified atom stereocenters. The van der Waals surface area contributed by atoms with E-state index in [2.05, 4.69) is 13.8 Å². The Labute approximate surface area is 132 Å². The van der Waals surface area contributed by atoms with Crippen LogP contribution in [-0.2, 0) is 9.47 Å². The van der Waals surface area contributed by atoms with Crippen LogP contribution in [0.1, 0.15) is 66.7 Å². The van der Waals surface area contributed by atoms with Gasteiger partial charge in [0.15, 0.2) is 6.29 Å². The summed E-state index contributed by atoms with van der Waals surface area (Å²) in [5.41, 5.74) is 0.668. The molecule has 0 saturated heterocycles. The molecule has 4 nitrogen and oxygen atoms in total. The number of carbonyl (C=O) groups is 2. The van der Waals surface area contributed by atoms with E-state index in [1.54, 1.807) is 24.3 Å². The van der Waals surface area contributed by atoms with Gasteiger partial charge in [-0.15, -0.1) is 0 Å². The second kappa shape index (κ2) is 11.0. The van der Waals surface area contributed by atoms with Crippen LogP contribution in [-0.4, -0.2) is 31.6 Å². The first-order chi connectivity index (χ1) is 10.7. The predicted molar refractivity (Wildman–Crippen MR) is 86.3 cm³/mol. The summed E-state index contributed by atoms with van der Waals surface area (Å²) in [6.07, 6.45) is 5.28. The molecule has 0 aromatic heterocycles. The van der Waals surface area contributed by atoms with Crippen LogP contribution in [0.15, 0.2) is 24.3 Å². The number of hydrogen-bond donors (Lipinski definition) is 0. The highest BCUT2D eigenvalue weighted by Gasteiger charge is 2.18. The predicted octanol–water partition coefficient (Wildman–Crippen LogP) is 4.03. The number of esters is 1. The van der Waals surface area contributed by atoms with Crippen molar-refractivity contribution in [2.45, 2.75) is 52.1 Å². The maximum absolute atomic E-state index is 12.3. The van der Waals surface area contributed by atoms with Gasteiger partial charge in [-0.25, -0.2) is 4.79 Å². The molecule has 0 aliphatic heterocycles. The second-order valence-electron chi connectivity index (χ2n) is 5.30. The van der Waals surface area contributed by atoms with Gasteiger partial charge in [-0.05, 0) is 25.3 Å². The molecule has 1 aromatic rings. The van der Waals surface area contributed by atoms with E-state index >= 15 is 0 Å². The molecule has 0 fully saturated rings. The summed E-state index contributed by atoms with van der Waals surface area (Å²) in [6.45, 7) is 5.30. The van der Waals surface area contributed by atoms with Crippen LogP contribution in [0.5, 0.6) is 0 Å². The molecular formula is C18H26O4. The molecule has 4 heteroatoms. The van der Waals surface area contributed by atoms with E-state index in [9.17, 15) is 9.59 Å².